The molecule has 0 bridgehead atoms. The number of carbonyl (C=O) groups excluding carboxylic acids is 2. The van der Waals surface area contributed by atoms with Crippen molar-refractivity contribution in [2.24, 2.45) is 0 Å². The molecule has 0 saturated carbocycles. The molecule has 2 aromatic rings. The van der Waals surface area contributed by atoms with E-state index in [1.807, 2.05) is 50.2 Å². The molecule has 1 aromatic heterocycles. The summed E-state index contributed by atoms with van der Waals surface area (Å²) in [5.74, 6) is -0.837. The van der Waals surface area contributed by atoms with Crippen molar-refractivity contribution >= 4 is 11.7 Å². The number of nitrogens with one attached hydrogen (secondary N) is 1. The highest BCUT2D eigenvalue weighted by atomic mass is 16.2. The number of hydrogen-bond donors (Lipinski definition) is 1. The lowest BCUT2D eigenvalue weighted by Gasteiger charge is -2.21. The van der Waals surface area contributed by atoms with Gasteiger partial charge in [-0.3, -0.25) is 14.4 Å². The van der Waals surface area contributed by atoms with Gasteiger partial charge < -0.3 is 9.88 Å². The van der Waals surface area contributed by atoms with Gasteiger partial charge in [0.15, 0.2) is 5.78 Å². The van der Waals surface area contributed by atoms with Crippen LogP contribution in [0.4, 0.5) is 0 Å². The Morgan fingerprint density at radius 1 is 1.11 bits per heavy atom. The van der Waals surface area contributed by atoms with Crippen molar-refractivity contribution < 1.29 is 9.59 Å². The summed E-state index contributed by atoms with van der Waals surface area (Å²) in [6, 6.07) is 11.1. The number of carbonyl (C=O) groups is 2. The minimum atomic E-state index is -0.562. The molecule has 2 unspecified atom stereocenters. The molecule has 28 heavy (non-hydrogen) atoms. The maximum Gasteiger partial charge on any atom is 0.255 e. The number of aromatic nitrogens is 1. The van der Waals surface area contributed by atoms with Crippen LogP contribution in [0.2, 0.25) is 0 Å². The second kappa shape index (κ2) is 10.0. The maximum absolute atomic E-state index is 13.2. The summed E-state index contributed by atoms with van der Waals surface area (Å²) < 4.78 is 1.65. The predicted octanol–water partition coefficient (Wildman–Crippen LogP) is 3.57. The van der Waals surface area contributed by atoms with Crippen molar-refractivity contribution in [2.75, 3.05) is 0 Å². The SMILES string of the molecule is CCCC(C(=O)NC(C)C(=O)CC)c1c(C)ccn(Cc2ccccc2)c1=O. The van der Waals surface area contributed by atoms with Crippen LogP contribution in [0.15, 0.2) is 47.4 Å². The summed E-state index contributed by atoms with van der Waals surface area (Å²) in [4.78, 5) is 38.0. The van der Waals surface area contributed by atoms with E-state index in [0.717, 1.165) is 17.5 Å². The van der Waals surface area contributed by atoms with Crippen molar-refractivity contribution in [3.8, 4) is 0 Å². The Labute approximate surface area is 166 Å². The fraction of sp³-hybridized carbons (Fsp3) is 0.435. The molecular formula is C23H30N2O3. The molecule has 2 atom stereocenters. The number of Topliss-reactive ketones (excluding diaryl/α,β-unsaturated/α-hetero) is 1. The van der Waals surface area contributed by atoms with Crippen LogP contribution in [0.5, 0.6) is 0 Å². The van der Waals surface area contributed by atoms with Crippen molar-refractivity contribution in [1.82, 2.24) is 9.88 Å². The zero-order valence-corrected chi connectivity index (χ0v) is 17.2. The van der Waals surface area contributed by atoms with Gasteiger partial charge in [0, 0.05) is 18.2 Å². The number of amides is 1. The third-order valence-electron chi connectivity index (χ3n) is 5.05. The first kappa shape index (κ1) is 21.6. The van der Waals surface area contributed by atoms with E-state index in [1.165, 1.54) is 0 Å². The van der Waals surface area contributed by atoms with E-state index < -0.39 is 12.0 Å². The molecule has 0 fully saturated rings. The average molecular weight is 383 g/mol. The zero-order chi connectivity index (χ0) is 20.7. The molecule has 0 aliphatic rings. The summed E-state index contributed by atoms with van der Waals surface area (Å²) in [5, 5.41) is 2.80. The number of nitrogens with zero attached hydrogens (tertiary/aromatic N) is 1. The Morgan fingerprint density at radius 2 is 1.79 bits per heavy atom. The standard InChI is InChI=1S/C23H30N2O3/c1-5-10-19(22(27)24-17(4)20(26)6-2)21-16(3)13-14-25(23(21)28)15-18-11-8-7-9-12-18/h7-9,11-14,17,19H,5-6,10,15H2,1-4H3,(H,24,27). The lowest BCUT2D eigenvalue weighted by Crippen LogP contribution is -2.42. The van der Waals surface area contributed by atoms with Crippen molar-refractivity contribution in [2.45, 2.75) is 65.5 Å². The van der Waals surface area contributed by atoms with Crippen molar-refractivity contribution in [3.05, 3.63) is 69.6 Å². The third kappa shape index (κ3) is 5.18. The summed E-state index contributed by atoms with van der Waals surface area (Å²) >= 11 is 0. The smallest absolute Gasteiger partial charge is 0.255 e. The number of rotatable bonds is 9. The Bertz CT molecular complexity index is 871. The van der Waals surface area contributed by atoms with E-state index in [9.17, 15) is 14.4 Å². The Morgan fingerprint density at radius 3 is 2.39 bits per heavy atom. The van der Waals surface area contributed by atoms with Gasteiger partial charge in [0.05, 0.1) is 18.5 Å². The fourth-order valence-electron chi connectivity index (χ4n) is 3.41. The van der Waals surface area contributed by atoms with Crippen LogP contribution in [0.25, 0.3) is 0 Å². The van der Waals surface area contributed by atoms with E-state index in [0.29, 0.717) is 24.9 Å². The van der Waals surface area contributed by atoms with Gasteiger partial charge in [0.1, 0.15) is 0 Å². The molecule has 0 aliphatic heterocycles. The highest BCUT2D eigenvalue weighted by Crippen LogP contribution is 2.22. The Balaban J connectivity index is 2.38. The molecular weight excluding hydrogens is 352 g/mol. The molecule has 0 saturated heterocycles. The van der Waals surface area contributed by atoms with Gasteiger partial charge in [0.2, 0.25) is 5.91 Å². The molecule has 5 nitrogen and oxygen atoms in total. The van der Waals surface area contributed by atoms with Crippen LogP contribution in [-0.2, 0) is 16.1 Å². The minimum absolute atomic E-state index is 0.0186. The predicted molar refractivity (Wildman–Crippen MR) is 112 cm³/mol. The second-order valence-corrected chi connectivity index (χ2v) is 7.22. The minimum Gasteiger partial charge on any atom is -0.346 e. The quantitative estimate of drug-likeness (QED) is 0.721. The zero-order valence-electron chi connectivity index (χ0n) is 17.2. The van der Waals surface area contributed by atoms with Crippen LogP contribution in [0.1, 0.15) is 62.6 Å². The third-order valence-corrected chi connectivity index (χ3v) is 5.05. The van der Waals surface area contributed by atoms with E-state index >= 15 is 0 Å². The van der Waals surface area contributed by atoms with E-state index in [2.05, 4.69) is 5.32 Å². The molecule has 1 aromatic carbocycles. The molecule has 150 valence electrons. The maximum atomic E-state index is 13.2. The molecule has 1 N–H and O–H groups in total. The van der Waals surface area contributed by atoms with Gasteiger partial charge in [-0.1, -0.05) is 50.6 Å². The fourth-order valence-corrected chi connectivity index (χ4v) is 3.41. The van der Waals surface area contributed by atoms with Gasteiger partial charge in [-0.05, 0) is 37.5 Å². The highest BCUT2D eigenvalue weighted by Gasteiger charge is 2.27. The molecule has 0 spiro atoms. The molecule has 1 heterocycles. The van der Waals surface area contributed by atoms with Gasteiger partial charge in [-0.15, -0.1) is 0 Å². The van der Waals surface area contributed by atoms with E-state index in [1.54, 1.807) is 24.6 Å². The van der Waals surface area contributed by atoms with Gasteiger partial charge in [-0.2, -0.15) is 0 Å². The van der Waals surface area contributed by atoms with Crippen LogP contribution in [-0.4, -0.2) is 22.3 Å². The van der Waals surface area contributed by atoms with E-state index in [4.69, 9.17) is 0 Å². The lowest BCUT2D eigenvalue weighted by molar-refractivity contribution is -0.128. The van der Waals surface area contributed by atoms with Gasteiger partial charge >= 0.3 is 0 Å². The number of benzene rings is 1. The average Bonchev–Trinajstić information content (AvgIpc) is 2.69. The van der Waals surface area contributed by atoms with Crippen LogP contribution >= 0.6 is 0 Å². The topological polar surface area (TPSA) is 68.2 Å². The van der Waals surface area contributed by atoms with Crippen LogP contribution in [0, 0.1) is 6.92 Å². The normalized spacial score (nSPS) is 13.0. The number of ketones is 1. The molecule has 2 rings (SSSR count). The number of pyridine rings is 1. The molecule has 0 aliphatic carbocycles. The monoisotopic (exact) mass is 382 g/mol. The number of hydrogen-bond acceptors (Lipinski definition) is 3. The summed E-state index contributed by atoms with van der Waals surface area (Å²) in [5.41, 5.74) is 2.20. The summed E-state index contributed by atoms with van der Waals surface area (Å²) in [6.45, 7) is 7.77. The number of aryl methyl sites for hydroxylation is 1. The lowest BCUT2D eigenvalue weighted by atomic mass is 9.91. The Hall–Kier alpha value is -2.69. The summed E-state index contributed by atoms with van der Waals surface area (Å²) in [7, 11) is 0. The highest BCUT2D eigenvalue weighted by molar-refractivity contribution is 5.91. The van der Waals surface area contributed by atoms with Gasteiger partial charge in [0.25, 0.3) is 5.56 Å². The van der Waals surface area contributed by atoms with Gasteiger partial charge in [-0.25, -0.2) is 0 Å². The van der Waals surface area contributed by atoms with Crippen molar-refractivity contribution in [1.29, 1.82) is 0 Å². The second-order valence-electron chi connectivity index (χ2n) is 7.22. The first-order valence-electron chi connectivity index (χ1n) is 9.95. The Kier molecular flexibility index (Phi) is 7.73. The first-order chi connectivity index (χ1) is 13.4. The first-order valence-corrected chi connectivity index (χ1v) is 9.95. The van der Waals surface area contributed by atoms with E-state index in [-0.39, 0.29) is 17.2 Å². The van der Waals surface area contributed by atoms with Crippen molar-refractivity contribution in [3.63, 3.8) is 0 Å². The molecule has 1 amide bonds. The summed E-state index contributed by atoms with van der Waals surface area (Å²) in [6.07, 6.45) is 3.47. The van der Waals surface area contributed by atoms with Crippen LogP contribution < -0.4 is 10.9 Å². The largest absolute Gasteiger partial charge is 0.346 e. The van der Waals surface area contributed by atoms with Crippen LogP contribution in [0.3, 0.4) is 0 Å². The molecule has 0 radical (unpaired) electrons. The molecule has 5 heteroatoms.